The van der Waals surface area contributed by atoms with Crippen molar-refractivity contribution in [2.24, 2.45) is 5.92 Å². The second-order valence-electron chi connectivity index (χ2n) is 7.63. The van der Waals surface area contributed by atoms with E-state index in [-0.39, 0.29) is 11.9 Å². The summed E-state index contributed by atoms with van der Waals surface area (Å²) in [4.78, 5) is 32.9. The standard InChI is InChI=1S/C21H25N5O2/c1-25-9-7-15(12-25)10-23-20(27)16-2-4-19(5-3-16)24-21(28)26-13-17-6-8-22-11-18(17)14-26/h2-6,8,11,15H,7,9-10,12-14H2,1H3,(H,23,27)(H,24,28). The van der Waals surface area contributed by atoms with Gasteiger partial charge in [0.25, 0.3) is 5.91 Å². The molecular formula is C21H25N5O2. The van der Waals surface area contributed by atoms with Crippen LogP contribution in [0.4, 0.5) is 10.5 Å². The Hall–Kier alpha value is -2.93. The highest BCUT2D eigenvalue weighted by Gasteiger charge is 2.23. The SMILES string of the molecule is CN1CCC(CNC(=O)c2ccc(NC(=O)N3Cc4ccncc4C3)cc2)C1. The number of nitrogens with zero attached hydrogens (tertiary/aromatic N) is 3. The molecule has 4 rings (SSSR count). The van der Waals surface area contributed by atoms with Crippen LogP contribution in [-0.2, 0) is 13.1 Å². The Kier molecular flexibility index (Phi) is 5.25. The fourth-order valence-electron chi connectivity index (χ4n) is 3.80. The number of pyridine rings is 1. The van der Waals surface area contributed by atoms with Crippen molar-refractivity contribution in [3.05, 3.63) is 59.4 Å². The Labute approximate surface area is 164 Å². The fraction of sp³-hybridized carbons (Fsp3) is 0.381. The van der Waals surface area contributed by atoms with Crippen molar-refractivity contribution in [1.82, 2.24) is 20.1 Å². The molecule has 0 spiro atoms. The minimum absolute atomic E-state index is 0.0741. The molecule has 1 aromatic carbocycles. The lowest BCUT2D eigenvalue weighted by Gasteiger charge is -2.16. The number of hydrogen-bond donors (Lipinski definition) is 2. The van der Waals surface area contributed by atoms with Crippen LogP contribution in [0, 0.1) is 5.92 Å². The molecule has 3 heterocycles. The second kappa shape index (κ2) is 7.98. The Morgan fingerprint density at radius 1 is 1.14 bits per heavy atom. The molecule has 7 nitrogen and oxygen atoms in total. The third-order valence-corrected chi connectivity index (χ3v) is 5.45. The van der Waals surface area contributed by atoms with Gasteiger partial charge in [-0.2, -0.15) is 0 Å². The number of carbonyl (C=O) groups excluding carboxylic acids is 2. The van der Waals surface area contributed by atoms with Crippen LogP contribution >= 0.6 is 0 Å². The van der Waals surface area contributed by atoms with Gasteiger partial charge in [0.05, 0.1) is 0 Å². The van der Waals surface area contributed by atoms with Gasteiger partial charge in [0.2, 0.25) is 0 Å². The number of carbonyl (C=O) groups is 2. The molecule has 1 fully saturated rings. The van der Waals surface area contributed by atoms with E-state index in [4.69, 9.17) is 0 Å². The van der Waals surface area contributed by atoms with Crippen LogP contribution in [0.1, 0.15) is 27.9 Å². The quantitative estimate of drug-likeness (QED) is 0.855. The lowest BCUT2D eigenvalue weighted by Crippen LogP contribution is -2.31. The first-order valence-electron chi connectivity index (χ1n) is 9.63. The summed E-state index contributed by atoms with van der Waals surface area (Å²) in [6.45, 7) is 3.97. The number of nitrogens with one attached hydrogen (secondary N) is 2. The summed E-state index contributed by atoms with van der Waals surface area (Å²) in [5.74, 6) is 0.446. The molecule has 0 saturated carbocycles. The zero-order valence-corrected chi connectivity index (χ0v) is 16.0. The summed E-state index contributed by atoms with van der Waals surface area (Å²) in [6.07, 6.45) is 4.67. The minimum Gasteiger partial charge on any atom is -0.352 e. The van der Waals surface area contributed by atoms with Gasteiger partial charge in [0.15, 0.2) is 0 Å². The van der Waals surface area contributed by atoms with E-state index in [1.54, 1.807) is 41.6 Å². The molecule has 3 amide bonds. The maximum absolute atomic E-state index is 12.5. The summed E-state index contributed by atoms with van der Waals surface area (Å²) in [5.41, 5.74) is 3.49. The van der Waals surface area contributed by atoms with E-state index in [2.05, 4.69) is 27.6 Å². The first-order chi connectivity index (χ1) is 13.6. The highest BCUT2D eigenvalue weighted by atomic mass is 16.2. The predicted molar refractivity (Wildman–Crippen MR) is 107 cm³/mol. The van der Waals surface area contributed by atoms with Gasteiger partial charge in [-0.3, -0.25) is 9.78 Å². The molecule has 2 aromatic rings. The normalized spacial score (nSPS) is 18.8. The predicted octanol–water partition coefficient (Wildman–Crippen LogP) is 2.31. The molecule has 0 bridgehead atoms. The first-order valence-corrected chi connectivity index (χ1v) is 9.63. The number of urea groups is 1. The van der Waals surface area contributed by atoms with Gasteiger partial charge in [0.1, 0.15) is 0 Å². The molecule has 1 saturated heterocycles. The highest BCUT2D eigenvalue weighted by Crippen LogP contribution is 2.22. The fourth-order valence-corrected chi connectivity index (χ4v) is 3.80. The monoisotopic (exact) mass is 379 g/mol. The molecule has 2 aliphatic rings. The number of hydrogen-bond acceptors (Lipinski definition) is 4. The van der Waals surface area contributed by atoms with Crippen molar-refractivity contribution < 1.29 is 9.59 Å². The maximum Gasteiger partial charge on any atom is 0.322 e. The number of fused-ring (bicyclic) bond motifs is 1. The van der Waals surface area contributed by atoms with E-state index in [1.165, 1.54) is 0 Å². The molecule has 1 atom stereocenters. The van der Waals surface area contributed by atoms with Crippen molar-refractivity contribution in [2.45, 2.75) is 19.5 Å². The number of aromatic nitrogens is 1. The molecule has 0 aliphatic carbocycles. The van der Waals surface area contributed by atoms with Crippen LogP contribution in [0.3, 0.4) is 0 Å². The minimum atomic E-state index is -0.154. The lowest BCUT2D eigenvalue weighted by atomic mass is 10.1. The number of rotatable bonds is 4. The zero-order valence-electron chi connectivity index (χ0n) is 16.0. The summed E-state index contributed by atoms with van der Waals surface area (Å²) in [7, 11) is 2.10. The third-order valence-electron chi connectivity index (χ3n) is 5.45. The number of amides is 3. The van der Waals surface area contributed by atoms with E-state index in [0.29, 0.717) is 36.8 Å². The summed E-state index contributed by atoms with van der Waals surface area (Å²) < 4.78 is 0. The van der Waals surface area contributed by atoms with Crippen LogP contribution < -0.4 is 10.6 Å². The Morgan fingerprint density at radius 2 is 1.93 bits per heavy atom. The summed E-state index contributed by atoms with van der Waals surface area (Å²) >= 11 is 0. The van der Waals surface area contributed by atoms with Crippen LogP contribution in [0.15, 0.2) is 42.7 Å². The summed E-state index contributed by atoms with van der Waals surface area (Å²) in [6, 6.07) is 8.81. The van der Waals surface area contributed by atoms with Crippen molar-refractivity contribution in [1.29, 1.82) is 0 Å². The third kappa shape index (κ3) is 4.14. The van der Waals surface area contributed by atoms with Crippen LogP contribution in [0.2, 0.25) is 0 Å². The maximum atomic E-state index is 12.5. The summed E-state index contributed by atoms with van der Waals surface area (Å²) in [5, 5.41) is 5.91. The van der Waals surface area contributed by atoms with Gasteiger partial charge in [-0.1, -0.05) is 0 Å². The largest absolute Gasteiger partial charge is 0.352 e. The highest BCUT2D eigenvalue weighted by molar-refractivity contribution is 5.95. The van der Waals surface area contributed by atoms with Crippen LogP contribution in [-0.4, -0.2) is 53.4 Å². The molecule has 28 heavy (non-hydrogen) atoms. The van der Waals surface area contributed by atoms with E-state index < -0.39 is 0 Å². The van der Waals surface area contributed by atoms with Gasteiger partial charge in [-0.25, -0.2) is 4.79 Å². The first kappa shape index (κ1) is 18.4. The number of benzene rings is 1. The van der Waals surface area contributed by atoms with Crippen molar-refractivity contribution in [2.75, 3.05) is 32.0 Å². The molecule has 2 N–H and O–H groups in total. The Bertz CT molecular complexity index is 842. The van der Waals surface area contributed by atoms with Gasteiger partial charge >= 0.3 is 6.03 Å². The van der Waals surface area contributed by atoms with Gasteiger partial charge in [-0.05, 0) is 67.4 Å². The van der Waals surface area contributed by atoms with Gasteiger partial charge < -0.3 is 20.4 Å². The molecular weight excluding hydrogens is 354 g/mol. The second-order valence-corrected chi connectivity index (χ2v) is 7.63. The lowest BCUT2D eigenvalue weighted by molar-refractivity contribution is 0.0947. The van der Waals surface area contributed by atoms with Gasteiger partial charge in [-0.15, -0.1) is 0 Å². The molecule has 0 radical (unpaired) electrons. The molecule has 1 unspecified atom stereocenters. The van der Waals surface area contributed by atoms with E-state index >= 15 is 0 Å². The van der Waals surface area contributed by atoms with Crippen LogP contribution in [0.25, 0.3) is 0 Å². The molecule has 7 heteroatoms. The van der Waals surface area contributed by atoms with E-state index in [9.17, 15) is 9.59 Å². The Morgan fingerprint density at radius 3 is 2.64 bits per heavy atom. The van der Waals surface area contributed by atoms with Gasteiger partial charge in [0, 0.05) is 49.8 Å². The molecule has 1 aromatic heterocycles. The zero-order chi connectivity index (χ0) is 19.5. The smallest absolute Gasteiger partial charge is 0.322 e. The van der Waals surface area contributed by atoms with Crippen molar-refractivity contribution in [3.63, 3.8) is 0 Å². The van der Waals surface area contributed by atoms with E-state index in [1.807, 2.05) is 6.07 Å². The molecule has 146 valence electrons. The average Bonchev–Trinajstić information content (AvgIpc) is 3.32. The number of anilines is 1. The Balaban J connectivity index is 1.28. The topological polar surface area (TPSA) is 77.6 Å². The van der Waals surface area contributed by atoms with E-state index in [0.717, 1.165) is 30.6 Å². The van der Waals surface area contributed by atoms with Crippen molar-refractivity contribution >= 4 is 17.6 Å². The van der Waals surface area contributed by atoms with Crippen molar-refractivity contribution in [3.8, 4) is 0 Å². The van der Waals surface area contributed by atoms with Crippen LogP contribution in [0.5, 0.6) is 0 Å². The number of likely N-dealkylation sites (tertiary alicyclic amines) is 1. The molecule has 2 aliphatic heterocycles. The average molecular weight is 379 g/mol.